The molecule has 1 unspecified atom stereocenters. The van der Waals surface area contributed by atoms with Crippen LogP contribution < -0.4 is 5.73 Å². The van der Waals surface area contributed by atoms with E-state index in [0.29, 0.717) is 18.3 Å². The second-order valence-electron chi connectivity index (χ2n) is 5.51. The number of hydrogen-bond donors (Lipinski definition) is 1. The summed E-state index contributed by atoms with van der Waals surface area (Å²) in [5.74, 6) is 0.672. The van der Waals surface area contributed by atoms with Crippen LogP contribution in [0, 0.1) is 0 Å². The van der Waals surface area contributed by atoms with Crippen LogP contribution in [0.15, 0.2) is 4.52 Å². The van der Waals surface area contributed by atoms with E-state index < -0.39 is 18.6 Å². The number of nitrogens with zero attached hydrogens (tertiary/aromatic N) is 2. The van der Waals surface area contributed by atoms with E-state index in [-0.39, 0.29) is 19.1 Å². The molecule has 0 bridgehead atoms. The summed E-state index contributed by atoms with van der Waals surface area (Å²) in [6.45, 7) is 1.60. The van der Waals surface area contributed by atoms with Gasteiger partial charge in [0.25, 0.3) is 6.43 Å². The van der Waals surface area contributed by atoms with Crippen LogP contribution in [0.5, 0.6) is 0 Å². The van der Waals surface area contributed by atoms with Gasteiger partial charge in [0.2, 0.25) is 5.89 Å². The van der Waals surface area contributed by atoms with Gasteiger partial charge in [-0.25, -0.2) is 8.78 Å². The Morgan fingerprint density at radius 1 is 1.48 bits per heavy atom. The Morgan fingerprint density at radius 3 is 2.86 bits per heavy atom. The van der Waals surface area contributed by atoms with Crippen LogP contribution in [0.4, 0.5) is 8.78 Å². The summed E-state index contributed by atoms with van der Waals surface area (Å²) in [6, 6.07) is 0. The van der Waals surface area contributed by atoms with Crippen molar-refractivity contribution in [1.29, 1.82) is 0 Å². The molecule has 0 aliphatic heterocycles. The maximum Gasteiger partial charge on any atom is 0.261 e. The van der Waals surface area contributed by atoms with Gasteiger partial charge in [0, 0.05) is 0 Å². The Labute approximate surface area is 122 Å². The predicted octanol–water partition coefficient (Wildman–Crippen LogP) is 1.64. The molecular formula is C13H21F2N3O3. The molecule has 0 radical (unpaired) electrons. The van der Waals surface area contributed by atoms with Crippen molar-refractivity contribution >= 4 is 0 Å². The fourth-order valence-corrected chi connectivity index (χ4v) is 1.81. The van der Waals surface area contributed by atoms with Crippen LogP contribution in [0.3, 0.4) is 0 Å². The lowest BCUT2D eigenvalue weighted by Crippen LogP contribution is -2.41. The molecule has 1 aliphatic carbocycles. The van der Waals surface area contributed by atoms with E-state index in [1.807, 2.05) is 0 Å². The standard InChI is InChI=1S/C13H21F2N3O3/c1-13(16,8-20-9-3-2-4-9)12-17-11(21-18-12)5-6-19-7-10(14)15/h9-10H,2-8,16H2,1H3. The zero-order valence-electron chi connectivity index (χ0n) is 12.1. The third kappa shape index (κ3) is 4.98. The summed E-state index contributed by atoms with van der Waals surface area (Å²) in [5.41, 5.74) is 5.30. The number of nitrogens with two attached hydrogens (primary N) is 1. The van der Waals surface area contributed by atoms with Crippen molar-refractivity contribution in [3.05, 3.63) is 11.7 Å². The van der Waals surface area contributed by atoms with Crippen LogP contribution in [-0.4, -0.2) is 42.5 Å². The SMILES string of the molecule is CC(N)(COC1CCC1)c1noc(CCOCC(F)F)n1. The average Bonchev–Trinajstić information content (AvgIpc) is 2.82. The molecule has 0 saturated heterocycles. The van der Waals surface area contributed by atoms with Gasteiger partial charge < -0.3 is 19.7 Å². The van der Waals surface area contributed by atoms with Gasteiger partial charge in [-0.1, -0.05) is 5.16 Å². The highest BCUT2D eigenvalue weighted by Crippen LogP contribution is 2.24. The number of alkyl halides is 2. The second-order valence-corrected chi connectivity index (χ2v) is 5.51. The molecule has 1 aliphatic rings. The first-order valence-electron chi connectivity index (χ1n) is 7.07. The van der Waals surface area contributed by atoms with Crippen LogP contribution in [0.25, 0.3) is 0 Å². The van der Waals surface area contributed by atoms with Gasteiger partial charge >= 0.3 is 0 Å². The van der Waals surface area contributed by atoms with Gasteiger partial charge in [-0.15, -0.1) is 0 Å². The fraction of sp³-hybridized carbons (Fsp3) is 0.846. The third-order valence-corrected chi connectivity index (χ3v) is 3.35. The molecule has 8 heteroatoms. The monoisotopic (exact) mass is 305 g/mol. The van der Waals surface area contributed by atoms with Crippen molar-refractivity contribution in [2.75, 3.05) is 19.8 Å². The highest BCUT2D eigenvalue weighted by Gasteiger charge is 2.30. The summed E-state index contributed by atoms with van der Waals surface area (Å²) in [6.07, 6.45) is 1.40. The van der Waals surface area contributed by atoms with Crippen molar-refractivity contribution in [3.63, 3.8) is 0 Å². The largest absolute Gasteiger partial charge is 0.376 e. The number of rotatable bonds is 9. The topological polar surface area (TPSA) is 83.4 Å². The van der Waals surface area contributed by atoms with Gasteiger partial charge in [0.1, 0.15) is 12.1 Å². The molecule has 120 valence electrons. The molecule has 1 aromatic rings. The highest BCUT2D eigenvalue weighted by atomic mass is 19.3. The molecular weight excluding hydrogens is 284 g/mol. The van der Waals surface area contributed by atoms with Gasteiger partial charge in [0.15, 0.2) is 5.82 Å². The predicted molar refractivity (Wildman–Crippen MR) is 70.0 cm³/mol. The van der Waals surface area contributed by atoms with Gasteiger partial charge in [-0.2, -0.15) is 4.98 Å². The molecule has 0 amide bonds. The van der Waals surface area contributed by atoms with Crippen molar-refractivity contribution < 1.29 is 22.8 Å². The number of aromatic nitrogens is 2. The van der Waals surface area contributed by atoms with Crippen molar-refractivity contribution in [2.45, 2.75) is 50.7 Å². The zero-order valence-corrected chi connectivity index (χ0v) is 12.1. The Hall–Kier alpha value is -1.12. The highest BCUT2D eigenvalue weighted by molar-refractivity contribution is 5.02. The maximum atomic E-state index is 11.9. The van der Waals surface area contributed by atoms with Crippen LogP contribution >= 0.6 is 0 Å². The first kappa shape index (κ1) is 16.3. The molecule has 1 aromatic heterocycles. The maximum absolute atomic E-state index is 11.9. The molecule has 1 saturated carbocycles. The van der Waals surface area contributed by atoms with E-state index in [4.69, 9.17) is 19.7 Å². The summed E-state index contributed by atoms with van der Waals surface area (Å²) >= 11 is 0. The molecule has 1 fully saturated rings. The van der Waals surface area contributed by atoms with Crippen molar-refractivity contribution in [1.82, 2.24) is 10.1 Å². The Balaban J connectivity index is 1.77. The Bertz CT molecular complexity index is 436. The minimum Gasteiger partial charge on any atom is -0.376 e. The molecule has 2 rings (SSSR count). The third-order valence-electron chi connectivity index (χ3n) is 3.35. The van der Waals surface area contributed by atoms with Crippen molar-refractivity contribution in [2.24, 2.45) is 5.73 Å². The van der Waals surface area contributed by atoms with Gasteiger partial charge in [-0.3, -0.25) is 0 Å². The molecule has 2 N–H and O–H groups in total. The van der Waals surface area contributed by atoms with Crippen molar-refractivity contribution in [3.8, 4) is 0 Å². The lowest BCUT2D eigenvalue weighted by molar-refractivity contribution is -0.0222. The molecule has 1 heterocycles. The van der Waals surface area contributed by atoms with Crippen LogP contribution in [0.1, 0.15) is 37.9 Å². The van der Waals surface area contributed by atoms with Gasteiger partial charge in [0.05, 0.1) is 25.7 Å². The average molecular weight is 305 g/mol. The Kier molecular flexibility index (Phi) is 5.60. The summed E-state index contributed by atoms with van der Waals surface area (Å²) in [5, 5.41) is 3.83. The number of ether oxygens (including phenoxy) is 2. The minimum absolute atomic E-state index is 0.103. The molecule has 0 spiro atoms. The zero-order chi connectivity index (χ0) is 15.3. The molecule has 21 heavy (non-hydrogen) atoms. The first-order chi connectivity index (χ1) is 9.97. The second kappa shape index (κ2) is 7.24. The fourth-order valence-electron chi connectivity index (χ4n) is 1.81. The smallest absolute Gasteiger partial charge is 0.261 e. The lowest BCUT2D eigenvalue weighted by Gasteiger charge is -2.29. The van der Waals surface area contributed by atoms with E-state index in [2.05, 4.69) is 10.1 Å². The van der Waals surface area contributed by atoms with E-state index in [1.54, 1.807) is 6.92 Å². The normalized spacial score (nSPS) is 18.7. The number of halogens is 2. The first-order valence-corrected chi connectivity index (χ1v) is 7.07. The number of hydrogen-bond acceptors (Lipinski definition) is 6. The quantitative estimate of drug-likeness (QED) is 0.698. The van der Waals surface area contributed by atoms with E-state index in [0.717, 1.165) is 12.8 Å². The summed E-state index contributed by atoms with van der Waals surface area (Å²) in [4.78, 5) is 4.17. The van der Waals surface area contributed by atoms with Gasteiger partial charge in [-0.05, 0) is 26.2 Å². The molecule has 0 aromatic carbocycles. The van der Waals surface area contributed by atoms with E-state index in [9.17, 15) is 8.78 Å². The molecule has 1 atom stereocenters. The summed E-state index contributed by atoms with van der Waals surface area (Å²) < 4.78 is 39.3. The van der Waals surface area contributed by atoms with Crippen LogP contribution in [0.2, 0.25) is 0 Å². The van der Waals surface area contributed by atoms with E-state index in [1.165, 1.54) is 6.42 Å². The van der Waals surface area contributed by atoms with Crippen LogP contribution in [-0.2, 0) is 21.4 Å². The van der Waals surface area contributed by atoms with E-state index >= 15 is 0 Å². The minimum atomic E-state index is -2.47. The summed E-state index contributed by atoms with van der Waals surface area (Å²) in [7, 11) is 0. The molecule has 6 nitrogen and oxygen atoms in total. The Morgan fingerprint density at radius 2 is 2.24 bits per heavy atom. The lowest BCUT2D eigenvalue weighted by atomic mass is 9.95.